The van der Waals surface area contributed by atoms with Crippen LogP contribution in [0.3, 0.4) is 0 Å². The molecule has 1 aromatic heterocycles. The van der Waals surface area contributed by atoms with E-state index in [0.29, 0.717) is 12.1 Å². The molecule has 0 fully saturated rings. The molecular formula is C21H34N6O7. The van der Waals surface area contributed by atoms with E-state index in [0.717, 1.165) is 0 Å². The van der Waals surface area contributed by atoms with Gasteiger partial charge < -0.3 is 36.9 Å². The minimum atomic E-state index is -1.48. The first-order valence-electron chi connectivity index (χ1n) is 11.0. The molecule has 0 aromatic carbocycles. The molecule has 1 rings (SSSR count). The number of aromatic nitrogens is 2. The van der Waals surface area contributed by atoms with Crippen molar-refractivity contribution in [1.82, 2.24) is 25.9 Å². The van der Waals surface area contributed by atoms with Crippen molar-refractivity contribution in [3.8, 4) is 0 Å². The minimum absolute atomic E-state index is 0.0625. The van der Waals surface area contributed by atoms with Gasteiger partial charge in [-0.3, -0.25) is 19.2 Å². The number of aliphatic carboxylic acids is 2. The molecule has 0 bridgehead atoms. The number of nitrogens with two attached hydrogens (primary N) is 1. The number of aromatic amines is 1. The summed E-state index contributed by atoms with van der Waals surface area (Å²) in [6.07, 6.45) is 2.46. The molecule has 1 heterocycles. The van der Waals surface area contributed by atoms with Crippen LogP contribution in [0.4, 0.5) is 0 Å². The molecule has 13 nitrogen and oxygen atoms in total. The second-order valence-electron chi connectivity index (χ2n) is 8.48. The molecule has 5 unspecified atom stereocenters. The van der Waals surface area contributed by atoms with Gasteiger partial charge in [0, 0.05) is 18.3 Å². The van der Waals surface area contributed by atoms with Crippen LogP contribution in [0.25, 0.3) is 0 Å². The maximum atomic E-state index is 12.9. The molecule has 0 radical (unpaired) electrons. The number of hydrogen-bond donors (Lipinski definition) is 7. The Morgan fingerprint density at radius 2 is 1.62 bits per heavy atom. The average molecular weight is 483 g/mol. The van der Waals surface area contributed by atoms with Crippen molar-refractivity contribution in [2.24, 2.45) is 17.6 Å². The Labute approximate surface area is 197 Å². The van der Waals surface area contributed by atoms with Gasteiger partial charge in [0.2, 0.25) is 17.7 Å². The lowest BCUT2D eigenvalue weighted by Gasteiger charge is -2.28. The van der Waals surface area contributed by atoms with Crippen LogP contribution >= 0.6 is 0 Å². The monoisotopic (exact) mass is 482 g/mol. The topological polar surface area (TPSA) is 217 Å². The molecule has 1 aromatic rings. The Bertz CT molecular complexity index is 858. The molecular weight excluding hydrogens is 448 g/mol. The summed E-state index contributed by atoms with van der Waals surface area (Å²) in [6.45, 7) is 6.84. The first-order chi connectivity index (χ1) is 15.9. The summed E-state index contributed by atoms with van der Waals surface area (Å²) < 4.78 is 0. The van der Waals surface area contributed by atoms with Gasteiger partial charge in [-0.2, -0.15) is 0 Å². The lowest BCUT2D eigenvalue weighted by atomic mass is 9.97. The molecule has 190 valence electrons. The number of carbonyl (C=O) groups excluding carboxylic acids is 3. The van der Waals surface area contributed by atoms with Crippen molar-refractivity contribution in [2.45, 2.75) is 71.1 Å². The van der Waals surface area contributed by atoms with Crippen molar-refractivity contribution < 1.29 is 34.2 Å². The quantitative estimate of drug-likeness (QED) is 0.173. The molecule has 13 heteroatoms. The standard InChI is InChI=1S/C21H34N6O7/c1-5-11(4)17(20(32)26-14(21(33)34)6-12-8-23-9-24-12)27-18(30)13(7-15(28)29)25-19(31)16(22)10(2)3/h8-11,13-14,16-17H,5-7,22H2,1-4H3,(H,23,24)(H,25,31)(H,26,32)(H,27,30)(H,28,29)(H,33,34). The van der Waals surface area contributed by atoms with E-state index in [1.165, 1.54) is 12.5 Å². The fourth-order valence-electron chi connectivity index (χ4n) is 2.99. The van der Waals surface area contributed by atoms with Gasteiger partial charge in [-0.1, -0.05) is 34.1 Å². The van der Waals surface area contributed by atoms with Gasteiger partial charge in [-0.05, 0) is 11.8 Å². The van der Waals surface area contributed by atoms with Gasteiger partial charge in [0.25, 0.3) is 0 Å². The van der Waals surface area contributed by atoms with Gasteiger partial charge >= 0.3 is 11.9 Å². The third-order valence-corrected chi connectivity index (χ3v) is 5.42. The van der Waals surface area contributed by atoms with E-state index in [2.05, 4.69) is 25.9 Å². The van der Waals surface area contributed by atoms with Crippen LogP contribution in [0, 0.1) is 11.8 Å². The lowest BCUT2D eigenvalue weighted by Crippen LogP contribution is -2.59. The van der Waals surface area contributed by atoms with Crippen LogP contribution in [0.5, 0.6) is 0 Å². The second kappa shape index (κ2) is 13.3. The van der Waals surface area contributed by atoms with E-state index >= 15 is 0 Å². The molecule has 0 saturated heterocycles. The summed E-state index contributed by atoms with van der Waals surface area (Å²) in [6, 6.07) is -4.91. The molecule has 0 saturated carbocycles. The molecule has 8 N–H and O–H groups in total. The zero-order valence-corrected chi connectivity index (χ0v) is 19.7. The number of nitrogens with zero attached hydrogens (tertiary/aromatic N) is 1. The first-order valence-corrected chi connectivity index (χ1v) is 11.0. The van der Waals surface area contributed by atoms with Gasteiger partial charge in [-0.25, -0.2) is 9.78 Å². The maximum Gasteiger partial charge on any atom is 0.326 e. The predicted octanol–water partition coefficient (Wildman–Crippen LogP) is -1.00. The van der Waals surface area contributed by atoms with Crippen molar-refractivity contribution in [3.63, 3.8) is 0 Å². The number of carboxylic acids is 2. The Hall–Kier alpha value is -3.48. The van der Waals surface area contributed by atoms with Crippen LogP contribution in [0.15, 0.2) is 12.5 Å². The van der Waals surface area contributed by atoms with Crippen LogP contribution < -0.4 is 21.7 Å². The van der Waals surface area contributed by atoms with Gasteiger partial charge in [-0.15, -0.1) is 0 Å². The third-order valence-electron chi connectivity index (χ3n) is 5.42. The van der Waals surface area contributed by atoms with Crippen LogP contribution in [-0.2, 0) is 30.4 Å². The summed E-state index contributed by atoms with van der Waals surface area (Å²) >= 11 is 0. The van der Waals surface area contributed by atoms with E-state index in [-0.39, 0.29) is 12.3 Å². The van der Waals surface area contributed by atoms with Crippen molar-refractivity contribution in [2.75, 3.05) is 0 Å². The smallest absolute Gasteiger partial charge is 0.326 e. The van der Waals surface area contributed by atoms with E-state index in [4.69, 9.17) is 5.73 Å². The molecule has 0 aliphatic rings. The first kappa shape index (κ1) is 28.6. The zero-order chi connectivity index (χ0) is 26.0. The summed E-state index contributed by atoms with van der Waals surface area (Å²) in [5.41, 5.74) is 6.27. The highest BCUT2D eigenvalue weighted by molar-refractivity contribution is 5.95. The van der Waals surface area contributed by atoms with Crippen molar-refractivity contribution >= 4 is 29.7 Å². The number of amides is 3. The number of carboxylic acid groups (broad SMARTS) is 2. The Morgan fingerprint density at radius 3 is 2.09 bits per heavy atom. The SMILES string of the molecule is CCC(C)C(NC(=O)C(CC(=O)O)NC(=O)C(N)C(C)C)C(=O)NC(Cc1cnc[nH]1)C(=O)O. The highest BCUT2D eigenvalue weighted by Gasteiger charge is 2.34. The fraction of sp³-hybridized carbons (Fsp3) is 0.619. The van der Waals surface area contributed by atoms with Crippen LogP contribution in [-0.4, -0.2) is 74.0 Å². The largest absolute Gasteiger partial charge is 0.481 e. The third kappa shape index (κ3) is 8.81. The second-order valence-corrected chi connectivity index (χ2v) is 8.48. The van der Waals surface area contributed by atoms with Crippen LogP contribution in [0.1, 0.15) is 46.2 Å². The summed E-state index contributed by atoms with van der Waals surface area (Å²) in [5, 5.41) is 25.9. The van der Waals surface area contributed by atoms with Gasteiger partial charge in [0.05, 0.1) is 18.8 Å². The Kier molecular flexibility index (Phi) is 11.2. The summed E-state index contributed by atoms with van der Waals surface area (Å²) in [4.78, 5) is 67.6. The van der Waals surface area contributed by atoms with E-state index < -0.39 is 66.2 Å². The van der Waals surface area contributed by atoms with Crippen LogP contribution in [0.2, 0.25) is 0 Å². The minimum Gasteiger partial charge on any atom is -0.481 e. The zero-order valence-electron chi connectivity index (χ0n) is 19.7. The predicted molar refractivity (Wildman–Crippen MR) is 120 cm³/mol. The number of hydrogen-bond acceptors (Lipinski definition) is 7. The van der Waals surface area contributed by atoms with Crippen molar-refractivity contribution in [1.29, 1.82) is 0 Å². The average Bonchev–Trinajstić information content (AvgIpc) is 3.27. The summed E-state index contributed by atoms with van der Waals surface area (Å²) in [5.74, 6) is -5.66. The highest BCUT2D eigenvalue weighted by Crippen LogP contribution is 2.11. The number of H-pyrrole nitrogens is 1. The fourth-order valence-corrected chi connectivity index (χ4v) is 2.99. The Balaban J connectivity index is 3.02. The van der Waals surface area contributed by atoms with Gasteiger partial charge in [0.1, 0.15) is 18.1 Å². The highest BCUT2D eigenvalue weighted by atomic mass is 16.4. The lowest BCUT2D eigenvalue weighted by molar-refractivity contribution is -0.143. The van der Waals surface area contributed by atoms with E-state index in [9.17, 15) is 34.2 Å². The van der Waals surface area contributed by atoms with Gasteiger partial charge in [0.15, 0.2) is 0 Å². The number of nitrogens with one attached hydrogen (secondary N) is 4. The summed E-state index contributed by atoms with van der Waals surface area (Å²) in [7, 11) is 0. The number of imidazole rings is 1. The normalized spacial score (nSPS) is 15.5. The maximum absolute atomic E-state index is 12.9. The Morgan fingerprint density at radius 1 is 1.00 bits per heavy atom. The molecule has 0 aliphatic heterocycles. The van der Waals surface area contributed by atoms with Crippen molar-refractivity contribution in [3.05, 3.63) is 18.2 Å². The molecule has 3 amide bonds. The molecule has 0 spiro atoms. The van der Waals surface area contributed by atoms with E-state index in [1.807, 2.05) is 0 Å². The molecule has 34 heavy (non-hydrogen) atoms. The number of carbonyl (C=O) groups is 5. The molecule has 5 atom stereocenters. The molecule has 0 aliphatic carbocycles. The van der Waals surface area contributed by atoms with E-state index in [1.54, 1.807) is 27.7 Å². The number of rotatable bonds is 14.